The van der Waals surface area contributed by atoms with Gasteiger partial charge in [0.25, 0.3) is 0 Å². The van der Waals surface area contributed by atoms with Crippen molar-refractivity contribution < 1.29 is 77.1 Å². The van der Waals surface area contributed by atoms with Crippen LogP contribution in [0.5, 0.6) is 0 Å². The molecule has 0 heterocycles. The van der Waals surface area contributed by atoms with E-state index in [9.17, 15) is 18.5 Å². The SMILES string of the molecule is O=C(CO)[C@@H](O)[C@H](O)[C@H](O)CO.O=P(O)(O)OP(=O)(O)OP(=O)(O)O. The van der Waals surface area contributed by atoms with Crippen LogP contribution in [0.1, 0.15) is 0 Å². The van der Waals surface area contributed by atoms with Gasteiger partial charge >= 0.3 is 23.5 Å². The van der Waals surface area contributed by atoms with Crippen molar-refractivity contribution in [3.05, 3.63) is 0 Å². The lowest BCUT2D eigenvalue weighted by Crippen LogP contribution is -2.44. The molecule has 0 aliphatic rings. The Morgan fingerprint density at radius 2 is 1.20 bits per heavy atom. The second-order valence-corrected chi connectivity index (χ2v) is 8.13. The first-order valence-corrected chi connectivity index (χ1v) is 10.2. The van der Waals surface area contributed by atoms with Crippen molar-refractivity contribution in [2.24, 2.45) is 0 Å². The van der Waals surface area contributed by atoms with Gasteiger partial charge in [-0.05, 0) is 0 Å². The zero-order valence-corrected chi connectivity index (χ0v) is 14.6. The summed E-state index contributed by atoms with van der Waals surface area (Å²) in [7, 11) is -16.2. The van der Waals surface area contributed by atoms with E-state index in [0.717, 1.165) is 0 Å². The Bertz CT molecular complexity index is 520. The molecule has 0 bridgehead atoms. The molecular formula is C6H17O16P3. The molecule has 10 N–H and O–H groups in total. The van der Waals surface area contributed by atoms with Crippen LogP contribution in [0, 0.1) is 0 Å². The molecule has 3 atom stereocenters. The maximum atomic E-state index is 10.5. The van der Waals surface area contributed by atoms with Gasteiger partial charge in [-0.25, -0.2) is 13.7 Å². The summed E-state index contributed by atoms with van der Waals surface area (Å²) in [5.41, 5.74) is 0. The lowest BCUT2D eigenvalue weighted by atomic mass is 10.1. The van der Waals surface area contributed by atoms with Gasteiger partial charge in [0, 0.05) is 0 Å². The number of hydrogen-bond donors (Lipinski definition) is 10. The number of hydrogen-bond acceptors (Lipinski definition) is 11. The fourth-order valence-corrected chi connectivity index (χ4v) is 3.42. The van der Waals surface area contributed by atoms with Crippen molar-refractivity contribution in [1.29, 1.82) is 0 Å². The van der Waals surface area contributed by atoms with Crippen LogP contribution in [-0.2, 0) is 27.1 Å². The maximum Gasteiger partial charge on any atom is 0.490 e. The van der Waals surface area contributed by atoms with Crippen molar-refractivity contribution in [1.82, 2.24) is 0 Å². The molecule has 0 aromatic heterocycles. The van der Waals surface area contributed by atoms with Gasteiger partial charge in [-0.2, -0.15) is 8.62 Å². The van der Waals surface area contributed by atoms with E-state index in [4.69, 9.17) is 50.0 Å². The van der Waals surface area contributed by atoms with Crippen molar-refractivity contribution in [3.8, 4) is 0 Å². The number of rotatable bonds is 9. The zero-order chi connectivity index (χ0) is 20.6. The van der Waals surface area contributed by atoms with Crippen LogP contribution < -0.4 is 0 Å². The molecule has 0 aromatic rings. The first kappa shape index (κ1) is 27.1. The first-order valence-electron chi connectivity index (χ1n) is 5.61. The Hall–Kier alpha value is -0.120. The topological polar surface area (TPSA) is 289 Å². The highest BCUT2D eigenvalue weighted by atomic mass is 31.3. The van der Waals surface area contributed by atoms with Crippen molar-refractivity contribution in [3.63, 3.8) is 0 Å². The standard InChI is InChI=1S/C6H12O6.H5O10P3/c7-1-3(9)5(11)6(12)4(10)2-8;1-11(2,3)9-13(7,8)10-12(4,5)6/h3,5-9,11-12H,1-2H2;(H,7,8)(H2,1,2,3)(H2,4,5,6)/t3-,5-,6-;/m1./s1. The molecule has 19 heteroatoms. The Morgan fingerprint density at radius 3 is 1.44 bits per heavy atom. The van der Waals surface area contributed by atoms with Gasteiger partial charge in [0.05, 0.1) is 6.61 Å². The summed E-state index contributed by atoms with van der Waals surface area (Å²) in [6.07, 6.45) is -5.22. The summed E-state index contributed by atoms with van der Waals surface area (Å²) < 4.78 is 36.4. The van der Waals surface area contributed by atoms with E-state index in [0.29, 0.717) is 0 Å². The summed E-state index contributed by atoms with van der Waals surface area (Å²) in [6, 6.07) is 0. The second-order valence-electron chi connectivity index (χ2n) is 3.92. The molecule has 0 radical (unpaired) electrons. The van der Waals surface area contributed by atoms with E-state index >= 15 is 0 Å². The van der Waals surface area contributed by atoms with E-state index in [2.05, 4.69) is 8.62 Å². The van der Waals surface area contributed by atoms with E-state index < -0.39 is 60.8 Å². The van der Waals surface area contributed by atoms with E-state index in [-0.39, 0.29) is 0 Å². The fraction of sp³-hybridized carbons (Fsp3) is 0.833. The van der Waals surface area contributed by atoms with Gasteiger partial charge in [-0.15, -0.1) is 0 Å². The summed E-state index contributed by atoms with van der Waals surface area (Å²) in [6.45, 7) is -1.69. The predicted octanol–water partition coefficient (Wildman–Crippen LogP) is -4.07. The summed E-state index contributed by atoms with van der Waals surface area (Å²) in [5, 5.41) is 43.1. The largest absolute Gasteiger partial charge is 0.490 e. The number of carbonyl (C=O) groups excluding carboxylic acids is 1. The van der Waals surface area contributed by atoms with Crippen LogP contribution in [0.3, 0.4) is 0 Å². The summed E-state index contributed by atoms with van der Waals surface area (Å²) >= 11 is 0. The molecule has 0 aromatic carbocycles. The van der Waals surface area contributed by atoms with Crippen LogP contribution in [0.25, 0.3) is 0 Å². The first-order chi connectivity index (χ1) is 11.0. The van der Waals surface area contributed by atoms with Gasteiger partial charge in [0.15, 0.2) is 5.78 Å². The maximum absolute atomic E-state index is 10.5. The van der Waals surface area contributed by atoms with Crippen LogP contribution in [-0.4, -0.2) is 87.3 Å². The molecule has 0 spiro atoms. The minimum atomic E-state index is -5.46. The summed E-state index contributed by atoms with van der Waals surface area (Å²) in [5.74, 6) is -1.00. The molecule has 0 rings (SSSR count). The molecule has 0 unspecified atom stereocenters. The monoisotopic (exact) mass is 438 g/mol. The molecule has 0 fully saturated rings. The van der Waals surface area contributed by atoms with Gasteiger partial charge in [-0.1, -0.05) is 0 Å². The van der Waals surface area contributed by atoms with Gasteiger partial charge in [0.1, 0.15) is 24.9 Å². The van der Waals surface area contributed by atoms with Crippen molar-refractivity contribution in [2.75, 3.05) is 13.2 Å². The van der Waals surface area contributed by atoms with Crippen molar-refractivity contribution in [2.45, 2.75) is 18.3 Å². The van der Waals surface area contributed by atoms with Gasteiger partial charge in [-0.3, -0.25) is 4.79 Å². The van der Waals surface area contributed by atoms with E-state index in [1.54, 1.807) is 0 Å². The Labute approximate surface area is 139 Å². The molecule has 0 aliphatic carbocycles. The molecule has 25 heavy (non-hydrogen) atoms. The third kappa shape index (κ3) is 14.7. The third-order valence-electron chi connectivity index (χ3n) is 1.81. The molecule has 0 saturated heterocycles. The quantitative estimate of drug-likeness (QED) is 0.153. The van der Waals surface area contributed by atoms with Crippen LogP contribution in [0.2, 0.25) is 0 Å². The predicted molar refractivity (Wildman–Crippen MR) is 73.3 cm³/mol. The number of Topliss-reactive ketones (excluding diaryl/α,β-unsaturated/α-hetero) is 1. The minimum Gasteiger partial charge on any atom is -0.394 e. The highest BCUT2D eigenvalue weighted by molar-refractivity contribution is 7.66. The average molecular weight is 438 g/mol. The van der Waals surface area contributed by atoms with Gasteiger partial charge < -0.3 is 50.0 Å². The molecule has 0 aliphatic heterocycles. The Kier molecular flexibility index (Phi) is 11.8. The molecule has 152 valence electrons. The highest BCUT2D eigenvalue weighted by Crippen LogP contribution is 2.64. The number of aliphatic hydroxyl groups excluding tert-OH is 5. The number of phosphoric acid groups is 3. The summed E-state index contributed by atoms with van der Waals surface area (Å²) in [4.78, 5) is 50.7. The van der Waals surface area contributed by atoms with Crippen molar-refractivity contribution >= 4 is 29.3 Å². The Morgan fingerprint density at radius 1 is 0.840 bits per heavy atom. The van der Waals surface area contributed by atoms with Crippen LogP contribution >= 0.6 is 23.5 Å². The van der Waals surface area contributed by atoms with E-state index in [1.165, 1.54) is 0 Å². The van der Waals surface area contributed by atoms with Crippen LogP contribution in [0.15, 0.2) is 0 Å². The molecule has 0 amide bonds. The Balaban J connectivity index is 0. The zero-order valence-electron chi connectivity index (χ0n) is 11.9. The molecule has 16 nitrogen and oxygen atoms in total. The fourth-order valence-electron chi connectivity index (χ4n) is 0.886. The highest BCUT2D eigenvalue weighted by Gasteiger charge is 2.38. The van der Waals surface area contributed by atoms with Crippen LogP contribution in [0.4, 0.5) is 0 Å². The number of aliphatic hydroxyl groups is 5. The third-order valence-corrected chi connectivity index (χ3v) is 5.16. The number of ketones is 1. The number of carbonyl (C=O) groups is 1. The second kappa shape index (κ2) is 10.9. The smallest absolute Gasteiger partial charge is 0.394 e. The van der Waals surface area contributed by atoms with Gasteiger partial charge in [0.2, 0.25) is 0 Å². The lowest BCUT2D eigenvalue weighted by molar-refractivity contribution is -0.142. The lowest BCUT2D eigenvalue weighted by Gasteiger charge is -2.19. The molecule has 0 saturated carbocycles. The minimum absolute atomic E-state index is 0.767. The average Bonchev–Trinajstić information content (AvgIpc) is 2.39. The molecular weight excluding hydrogens is 421 g/mol. The van der Waals surface area contributed by atoms with E-state index in [1.807, 2.05) is 0 Å². The normalized spacial score (nSPS) is 16.4.